The van der Waals surface area contributed by atoms with Crippen LogP contribution in [0.15, 0.2) is 0 Å². The molecule has 0 fully saturated rings. The quantitative estimate of drug-likeness (QED) is 0.713. The van der Waals surface area contributed by atoms with Gasteiger partial charge in [-0.1, -0.05) is 27.7 Å². The van der Waals surface area contributed by atoms with E-state index in [0.717, 1.165) is 0 Å². The molecule has 0 aliphatic rings. The van der Waals surface area contributed by atoms with Gasteiger partial charge < -0.3 is 15.3 Å². The lowest BCUT2D eigenvalue weighted by Crippen LogP contribution is -2.44. The number of carbonyl (C=O) groups excluding carboxylic acids is 1. The van der Waals surface area contributed by atoms with E-state index in [2.05, 4.69) is 33.0 Å². The van der Waals surface area contributed by atoms with Gasteiger partial charge >= 0.3 is 12.0 Å². The average molecular weight is 272 g/mol. The van der Waals surface area contributed by atoms with Crippen LogP contribution in [0, 0.1) is 17.8 Å². The number of rotatable bonds is 8. The van der Waals surface area contributed by atoms with Crippen LogP contribution < -0.4 is 5.32 Å². The molecule has 0 saturated heterocycles. The fraction of sp³-hybridized carbons (Fsp3) is 0.857. The molecule has 5 heteroatoms. The van der Waals surface area contributed by atoms with Crippen molar-refractivity contribution in [2.45, 2.75) is 41.0 Å². The highest BCUT2D eigenvalue weighted by Crippen LogP contribution is 2.19. The largest absolute Gasteiger partial charge is 0.481 e. The van der Waals surface area contributed by atoms with Crippen LogP contribution in [-0.4, -0.2) is 41.6 Å². The summed E-state index contributed by atoms with van der Waals surface area (Å²) in [6, 6.07) is -0.171. The highest BCUT2D eigenvalue weighted by molar-refractivity contribution is 5.75. The smallest absolute Gasteiger partial charge is 0.317 e. The zero-order valence-electron chi connectivity index (χ0n) is 12.8. The van der Waals surface area contributed by atoms with Crippen LogP contribution in [0.5, 0.6) is 0 Å². The molecule has 5 nitrogen and oxygen atoms in total. The maximum absolute atomic E-state index is 12.0. The Labute approximate surface area is 116 Å². The number of nitrogens with zero attached hydrogens (tertiary/aromatic N) is 1. The van der Waals surface area contributed by atoms with Crippen molar-refractivity contribution in [3.05, 3.63) is 0 Å². The molecule has 0 unspecified atom stereocenters. The first-order valence-corrected chi connectivity index (χ1v) is 7.04. The van der Waals surface area contributed by atoms with Crippen LogP contribution in [0.2, 0.25) is 0 Å². The molecular weight excluding hydrogens is 244 g/mol. The van der Waals surface area contributed by atoms with Gasteiger partial charge in [0.2, 0.25) is 0 Å². The Bertz CT molecular complexity index is 282. The van der Waals surface area contributed by atoms with Gasteiger partial charge in [0, 0.05) is 19.6 Å². The number of carboxylic acids is 1. The van der Waals surface area contributed by atoms with E-state index in [-0.39, 0.29) is 19.0 Å². The summed E-state index contributed by atoms with van der Waals surface area (Å²) in [6.45, 7) is 11.9. The number of carboxylic acid groups (broad SMARTS) is 1. The van der Waals surface area contributed by atoms with Gasteiger partial charge in [0.05, 0.1) is 6.42 Å². The summed E-state index contributed by atoms with van der Waals surface area (Å²) in [5.41, 5.74) is 0. The number of nitrogens with one attached hydrogen (secondary N) is 1. The summed E-state index contributed by atoms with van der Waals surface area (Å²) in [7, 11) is 0. The summed E-state index contributed by atoms with van der Waals surface area (Å²) in [5, 5.41) is 11.6. The minimum absolute atomic E-state index is 0.0148. The van der Waals surface area contributed by atoms with Crippen molar-refractivity contribution in [3.63, 3.8) is 0 Å². The van der Waals surface area contributed by atoms with Crippen LogP contribution in [0.3, 0.4) is 0 Å². The first-order valence-electron chi connectivity index (χ1n) is 7.04. The predicted molar refractivity (Wildman–Crippen MR) is 76.1 cm³/mol. The second-order valence-corrected chi connectivity index (χ2v) is 5.56. The Balaban J connectivity index is 4.29. The molecule has 0 rings (SSSR count). The van der Waals surface area contributed by atoms with Crippen LogP contribution in [0.25, 0.3) is 0 Å². The van der Waals surface area contributed by atoms with Gasteiger partial charge in [0.15, 0.2) is 0 Å². The van der Waals surface area contributed by atoms with Gasteiger partial charge in [-0.3, -0.25) is 4.79 Å². The summed E-state index contributed by atoms with van der Waals surface area (Å²) >= 11 is 0. The lowest BCUT2D eigenvalue weighted by Gasteiger charge is -2.27. The number of urea groups is 1. The highest BCUT2D eigenvalue weighted by atomic mass is 16.4. The SMILES string of the molecule is CCN(CCC(=O)O)C(=O)NCC(C(C)C)C(C)C. The number of hydrogen-bond donors (Lipinski definition) is 2. The molecule has 112 valence electrons. The lowest BCUT2D eigenvalue weighted by atomic mass is 9.85. The minimum Gasteiger partial charge on any atom is -0.481 e. The minimum atomic E-state index is -0.881. The van der Waals surface area contributed by atoms with Crippen molar-refractivity contribution < 1.29 is 14.7 Å². The molecule has 0 aromatic rings. The van der Waals surface area contributed by atoms with E-state index in [1.54, 1.807) is 0 Å². The standard InChI is InChI=1S/C14H28N2O3/c1-6-16(8-7-13(17)18)14(19)15-9-12(10(2)3)11(4)5/h10-12H,6-9H2,1-5H3,(H,15,19)(H,17,18). The van der Waals surface area contributed by atoms with Gasteiger partial charge in [-0.15, -0.1) is 0 Å². The second-order valence-electron chi connectivity index (χ2n) is 5.56. The molecule has 0 aromatic carbocycles. The predicted octanol–water partition coefficient (Wildman–Crippen LogP) is 2.42. The second kappa shape index (κ2) is 8.77. The van der Waals surface area contributed by atoms with Crippen molar-refractivity contribution in [2.75, 3.05) is 19.6 Å². The highest BCUT2D eigenvalue weighted by Gasteiger charge is 2.20. The molecule has 0 radical (unpaired) electrons. The molecule has 0 aliphatic heterocycles. The van der Waals surface area contributed by atoms with Crippen LogP contribution in [0.1, 0.15) is 41.0 Å². The van der Waals surface area contributed by atoms with E-state index in [1.807, 2.05) is 6.92 Å². The van der Waals surface area contributed by atoms with Crippen molar-refractivity contribution in [3.8, 4) is 0 Å². The third kappa shape index (κ3) is 7.03. The van der Waals surface area contributed by atoms with E-state index >= 15 is 0 Å². The summed E-state index contributed by atoms with van der Waals surface area (Å²) < 4.78 is 0. The van der Waals surface area contributed by atoms with Crippen molar-refractivity contribution >= 4 is 12.0 Å². The first kappa shape index (κ1) is 17.7. The summed E-state index contributed by atoms with van der Waals surface area (Å²) in [6.07, 6.45) is -0.0148. The third-order valence-corrected chi connectivity index (χ3v) is 3.47. The van der Waals surface area contributed by atoms with Crippen LogP contribution >= 0.6 is 0 Å². The maximum Gasteiger partial charge on any atom is 0.317 e. The molecule has 0 saturated carbocycles. The molecule has 0 bridgehead atoms. The number of hydrogen-bond acceptors (Lipinski definition) is 2. The molecule has 0 aromatic heterocycles. The van der Waals surface area contributed by atoms with Gasteiger partial charge in [-0.05, 0) is 24.7 Å². The fourth-order valence-corrected chi connectivity index (χ4v) is 2.19. The molecule has 0 heterocycles. The Morgan fingerprint density at radius 2 is 1.68 bits per heavy atom. The number of carbonyl (C=O) groups is 2. The van der Waals surface area contributed by atoms with Crippen molar-refractivity contribution in [1.29, 1.82) is 0 Å². The van der Waals surface area contributed by atoms with Crippen molar-refractivity contribution in [2.24, 2.45) is 17.8 Å². The maximum atomic E-state index is 12.0. The van der Waals surface area contributed by atoms with Crippen molar-refractivity contribution in [1.82, 2.24) is 10.2 Å². The first-order chi connectivity index (χ1) is 8.79. The average Bonchev–Trinajstić information content (AvgIpc) is 2.28. The normalized spacial score (nSPS) is 11.2. The lowest BCUT2D eigenvalue weighted by molar-refractivity contribution is -0.137. The summed E-state index contributed by atoms with van der Waals surface area (Å²) in [5.74, 6) is 0.569. The van der Waals surface area contributed by atoms with Gasteiger partial charge in [0.1, 0.15) is 0 Å². The van der Waals surface area contributed by atoms with Crippen LogP contribution in [0.4, 0.5) is 4.79 Å². The number of aliphatic carboxylic acids is 1. The van der Waals surface area contributed by atoms with E-state index in [4.69, 9.17) is 5.11 Å². The molecule has 0 atom stereocenters. The Hall–Kier alpha value is -1.26. The van der Waals surface area contributed by atoms with E-state index in [0.29, 0.717) is 30.8 Å². The fourth-order valence-electron chi connectivity index (χ4n) is 2.19. The zero-order valence-corrected chi connectivity index (χ0v) is 12.8. The summed E-state index contributed by atoms with van der Waals surface area (Å²) in [4.78, 5) is 24.0. The monoisotopic (exact) mass is 272 g/mol. The van der Waals surface area contributed by atoms with E-state index in [1.165, 1.54) is 4.90 Å². The molecule has 0 aliphatic carbocycles. The van der Waals surface area contributed by atoms with Gasteiger partial charge in [-0.2, -0.15) is 0 Å². The van der Waals surface area contributed by atoms with E-state index < -0.39 is 5.97 Å². The van der Waals surface area contributed by atoms with Crippen LogP contribution in [-0.2, 0) is 4.79 Å². The molecule has 19 heavy (non-hydrogen) atoms. The number of amides is 2. The molecular formula is C14H28N2O3. The van der Waals surface area contributed by atoms with Gasteiger partial charge in [-0.25, -0.2) is 4.79 Å². The van der Waals surface area contributed by atoms with E-state index in [9.17, 15) is 9.59 Å². The molecule has 2 amide bonds. The molecule has 2 N–H and O–H groups in total. The Morgan fingerprint density at radius 3 is 2.05 bits per heavy atom. The topological polar surface area (TPSA) is 69.6 Å². The zero-order chi connectivity index (χ0) is 15.0. The Morgan fingerprint density at radius 1 is 1.16 bits per heavy atom. The van der Waals surface area contributed by atoms with Gasteiger partial charge in [0.25, 0.3) is 0 Å². The molecule has 0 spiro atoms. The third-order valence-electron chi connectivity index (χ3n) is 3.47. The Kier molecular flexibility index (Phi) is 8.19.